The zero-order valence-corrected chi connectivity index (χ0v) is 11.5. The van der Waals surface area contributed by atoms with Gasteiger partial charge in [-0.05, 0) is 46.3 Å². The van der Waals surface area contributed by atoms with Crippen LogP contribution in [0.15, 0.2) is 53.0 Å². The molecule has 0 atom stereocenters. The van der Waals surface area contributed by atoms with E-state index in [-0.39, 0.29) is 0 Å². The van der Waals surface area contributed by atoms with Gasteiger partial charge in [-0.25, -0.2) is 4.79 Å². The number of carbonyl (C=O) groups is 1. The Balaban J connectivity index is 2.01. The van der Waals surface area contributed by atoms with Crippen LogP contribution >= 0.6 is 27.5 Å². The Bertz CT molecular complexity index is 560. The lowest BCUT2D eigenvalue weighted by atomic mass is 10.3. The summed E-state index contributed by atoms with van der Waals surface area (Å²) in [7, 11) is 0. The van der Waals surface area contributed by atoms with Crippen LogP contribution in [0.5, 0.6) is 5.75 Å². The van der Waals surface area contributed by atoms with Gasteiger partial charge in [-0.1, -0.05) is 29.8 Å². The number of carbonyl (C=O) groups excluding carboxylic acids is 1. The molecule has 0 aliphatic heterocycles. The van der Waals surface area contributed by atoms with Crippen LogP contribution in [0.2, 0.25) is 5.02 Å². The van der Waals surface area contributed by atoms with Crippen molar-refractivity contribution in [2.24, 2.45) is 0 Å². The fourth-order valence-corrected chi connectivity index (χ4v) is 1.74. The molecule has 0 fully saturated rings. The lowest BCUT2D eigenvalue weighted by molar-refractivity contribution is 0.215. The summed E-state index contributed by atoms with van der Waals surface area (Å²) in [5.74, 6) is 0.484. The van der Waals surface area contributed by atoms with Gasteiger partial charge in [0.2, 0.25) is 0 Å². The third-order valence-electron chi connectivity index (χ3n) is 2.12. The third kappa shape index (κ3) is 3.48. The summed E-state index contributed by atoms with van der Waals surface area (Å²) < 4.78 is 5.85. The van der Waals surface area contributed by atoms with Crippen LogP contribution in [0.3, 0.4) is 0 Å². The zero-order valence-electron chi connectivity index (χ0n) is 9.19. The van der Waals surface area contributed by atoms with E-state index >= 15 is 0 Å². The van der Waals surface area contributed by atoms with E-state index in [4.69, 9.17) is 16.3 Å². The number of rotatable bonds is 2. The summed E-state index contributed by atoms with van der Waals surface area (Å²) in [4.78, 5) is 11.6. The highest BCUT2D eigenvalue weighted by molar-refractivity contribution is 9.10. The predicted octanol–water partition coefficient (Wildman–Crippen LogP) is 4.71. The molecule has 2 rings (SSSR count). The van der Waals surface area contributed by atoms with Crippen molar-refractivity contribution in [2.75, 3.05) is 5.32 Å². The quantitative estimate of drug-likeness (QED) is 0.867. The normalized spacial score (nSPS) is 9.89. The largest absolute Gasteiger partial charge is 0.417 e. The minimum atomic E-state index is -0.556. The second-order valence-electron chi connectivity index (χ2n) is 3.46. The molecule has 0 saturated carbocycles. The fraction of sp³-hybridized carbons (Fsp3) is 0. The van der Waals surface area contributed by atoms with Crippen molar-refractivity contribution in [2.45, 2.75) is 0 Å². The summed E-state index contributed by atoms with van der Waals surface area (Å²) in [5, 5.41) is 3.11. The van der Waals surface area contributed by atoms with E-state index in [0.29, 0.717) is 16.5 Å². The summed E-state index contributed by atoms with van der Waals surface area (Å²) in [6.07, 6.45) is -0.556. The van der Waals surface area contributed by atoms with E-state index < -0.39 is 6.09 Å². The molecule has 18 heavy (non-hydrogen) atoms. The highest BCUT2D eigenvalue weighted by Crippen LogP contribution is 2.25. The van der Waals surface area contributed by atoms with E-state index in [9.17, 15) is 4.79 Å². The van der Waals surface area contributed by atoms with Crippen LogP contribution in [0, 0.1) is 0 Å². The van der Waals surface area contributed by atoms with Gasteiger partial charge in [-0.3, -0.25) is 5.32 Å². The van der Waals surface area contributed by atoms with Crippen molar-refractivity contribution >= 4 is 39.3 Å². The molecular weight excluding hydrogens is 318 g/mol. The van der Waals surface area contributed by atoms with Gasteiger partial charge in [0.05, 0.1) is 5.02 Å². The Labute approximate surface area is 118 Å². The summed E-state index contributed by atoms with van der Waals surface area (Å²) in [5.41, 5.74) is 0.573. The predicted molar refractivity (Wildman–Crippen MR) is 75.2 cm³/mol. The summed E-state index contributed by atoms with van der Waals surface area (Å²) >= 11 is 9.19. The van der Waals surface area contributed by atoms with Gasteiger partial charge in [-0.15, -0.1) is 0 Å². The summed E-state index contributed by atoms with van der Waals surface area (Å²) in [6, 6.07) is 13.9. The third-order valence-corrected chi connectivity index (χ3v) is 3.35. The smallest absolute Gasteiger partial charge is 0.410 e. The van der Waals surface area contributed by atoms with Crippen molar-refractivity contribution in [1.29, 1.82) is 0 Å². The molecule has 3 nitrogen and oxygen atoms in total. The maximum atomic E-state index is 11.6. The van der Waals surface area contributed by atoms with E-state index in [2.05, 4.69) is 21.2 Å². The first-order valence-corrected chi connectivity index (χ1v) is 6.31. The molecule has 1 amide bonds. The van der Waals surface area contributed by atoms with Gasteiger partial charge < -0.3 is 4.74 Å². The number of benzene rings is 2. The van der Waals surface area contributed by atoms with Crippen LogP contribution in [-0.4, -0.2) is 6.09 Å². The van der Waals surface area contributed by atoms with Crippen LogP contribution in [0.4, 0.5) is 10.5 Å². The molecule has 0 spiro atoms. The molecule has 0 radical (unpaired) electrons. The molecule has 0 aliphatic carbocycles. The molecule has 92 valence electrons. The molecule has 0 unspecified atom stereocenters. The molecule has 2 aromatic rings. The van der Waals surface area contributed by atoms with Crippen LogP contribution in [0.1, 0.15) is 0 Å². The standard InChI is InChI=1S/C13H9BrClNO2/c14-11-7-6-9(8-12(11)15)16-13(17)18-10-4-2-1-3-5-10/h1-8H,(H,16,17). The van der Waals surface area contributed by atoms with E-state index in [1.54, 1.807) is 42.5 Å². The molecule has 1 N–H and O–H groups in total. The van der Waals surface area contributed by atoms with Crippen molar-refractivity contribution < 1.29 is 9.53 Å². The number of para-hydroxylation sites is 1. The number of anilines is 1. The topological polar surface area (TPSA) is 38.3 Å². The van der Waals surface area contributed by atoms with Crippen molar-refractivity contribution in [1.82, 2.24) is 0 Å². The number of hydrogen-bond donors (Lipinski definition) is 1. The van der Waals surface area contributed by atoms with Gasteiger partial charge in [0.15, 0.2) is 0 Å². The highest BCUT2D eigenvalue weighted by Gasteiger charge is 2.06. The van der Waals surface area contributed by atoms with Crippen molar-refractivity contribution in [3.8, 4) is 5.75 Å². The number of halogens is 2. The Morgan fingerprint density at radius 1 is 1.17 bits per heavy atom. The Hall–Kier alpha value is -1.52. The monoisotopic (exact) mass is 325 g/mol. The van der Waals surface area contributed by atoms with Crippen LogP contribution < -0.4 is 10.1 Å². The number of ether oxygens (including phenoxy) is 1. The highest BCUT2D eigenvalue weighted by atomic mass is 79.9. The first-order chi connectivity index (χ1) is 8.65. The molecule has 0 saturated heterocycles. The maximum Gasteiger partial charge on any atom is 0.417 e. The SMILES string of the molecule is O=C(Nc1ccc(Br)c(Cl)c1)Oc1ccccc1. The minimum absolute atomic E-state index is 0.484. The van der Waals surface area contributed by atoms with Crippen LogP contribution in [-0.2, 0) is 0 Å². The average Bonchev–Trinajstić information content (AvgIpc) is 2.35. The van der Waals surface area contributed by atoms with Crippen LogP contribution in [0.25, 0.3) is 0 Å². The van der Waals surface area contributed by atoms with E-state index in [0.717, 1.165) is 4.47 Å². The van der Waals surface area contributed by atoms with Gasteiger partial charge in [-0.2, -0.15) is 0 Å². The van der Waals surface area contributed by atoms with Crippen molar-refractivity contribution in [3.63, 3.8) is 0 Å². The van der Waals surface area contributed by atoms with Gasteiger partial charge in [0, 0.05) is 10.2 Å². The zero-order chi connectivity index (χ0) is 13.0. The first-order valence-electron chi connectivity index (χ1n) is 5.14. The molecule has 0 aromatic heterocycles. The lowest BCUT2D eigenvalue weighted by Gasteiger charge is -2.07. The fourth-order valence-electron chi connectivity index (χ4n) is 1.31. The summed E-state index contributed by atoms with van der Waals surface area (Å²) in [6.45, 7) is 0. The van der Waals surface area contributed by atoms with E-state index in [1.807, 2.05) is 6.07 Å². The lowest BCUT2D eigenvalue weighted by Crippen LogP contribution is -2.16. The molecule has 0 bridgehead atoms. The second kappa shape index (κ2) is 5.89. The Kier molecular flexibility index (Phi) is 4.23. The number of amides is 1. The minimum Gasteiger partial charge on any atom is -0.410 e. The maximum absolute atomic E-state index is 11.6. The molecule has 0 heterocycles. The Morgan fingerprint density at radius 3 is 2.56 bits per heavy atom. The van der Waals surface area contributed by atoms with Gasteiger partial charge in [0.1, 0.15) is 5.75 Å². The van der Waals surface area contributed by atoms with Gasteiger partial charge in [0.25, 0.3) is 0 Å². The molecular formula is C13H9BrClNO2. The first kappa shape index (κ1) is 12.9. The second-order valence-corrected chi connectivity index (χ2v) is 4.72. The number of hydrogen-bond acceptors (Lipinski definition) is 2. The van der Waals surface area contributed by atoms with Gasteiger partial charge >= 0.3 is 6.09 Å². The number of nitrogens with one attached hydrogen (secondary N) is 1. The molecule has 0 aliphatic rings. The molecule has 5 heteroatoms. The van der Waals surface area contributed by atoms with Crippen molar-refractivity contribution in [3.05, 3.63) is 58.0 Å². The molecule has 2 aromatic carbocycles. The van der Waals surface area contributed by atoms with E-state index in [1.165, 1.54) is 0 Å². The Morgan fingerprint density at radius 2 is 1.89 bits per heavy atom. The average molecular weight is 327 g/mol.